The molecule has 3 heteroatoms. The number of carbonyl (C=O) groups is 1. The van der Waals surface area contributed by atoms with Gasteiger partial charge in [0.15, 0.2) is 0 Å². The van der Waals surface area contributed by atoms with E-state index in [1.54, 1.807) is 0 Å². The number of rotatable bonds is 4. The summed E-state index contributed by atoms with van der Waals surface area (Å²) < 4.78 is 5.44. The van der Waals surface area contributed by atoms with Crippen molar-refractivity contribution >= 4 is 5.97 Å². The molecule has 1 aliphatic carbocycles. The number of hydrogen-bond acceptors (Lipinski definition) is 3. The minimum absolute atomic E-state index is 0.141. The van der Waals surface area contributed by atoms with Crippen molar-refractivity contribution in [1.29, 1.82) is 0 Å². The molecule has 1 aromatic rings. The van der Waals surface area contributed by atoms with Crippen LogP contribution < -0.4 is 5.32 Å². The summed E-state index contributed by atoms with van der Waals surface area (Å²) in [6, 6.07) is 5.94. The molecule has 1 saturated carbocycles. The SMILES string of the molecule is O=C(OCCC1CCC1)c1cccc2c1CCNC2. The lowest BCUT2D eigenvalue weighted by Crippen LogP contribution is -2.26. The Bertz CT molecular complexity index is 466. The maximum atomic E-state index is 12.2. The third-order valence-corrected chi connectivity index (χ3v) is 4.34. The van der Waals surface area contributed by atoms with Crippen molar-refractivity contribution in [3.8, 4) is 0 Å². The van der Waals surface area contributed by atoms with E-state index in [1.807, 2.05) is 12.1 Å². The highest BCUT2D eigenvalue weighted by Crippen LogP contribution is 2.29. The zero-order chi connectivity index (χ0) is 13.1. The van der Waals surface area contributed by atoms with Crippen LogP contribution >= 0.6 is 0 Å². The Hall–Kier alpha value is -1.35. The van der Waals surface area contributed by atoms with E-state index in [0.717, 1.165) is 37.4 Å². The van der Waals surface area contributed by atoms with E-state index in [-0.39, 0.29) is 5.97 Å². The second-order valence-electron chi connectivity index (χ2n) is 5.59. The summed E-state index contributed by atoms with van der Waals surface area (Å²) in [5.74, 6) is 0.653. The topological polar surface area (TPSA) is 38.3 Å². The van der Waals surface area contributed by atoms with Gasteiger partial charge in [0.25, 0.3) is 0 Å². The van der Waals surface area contributed by atoms with Gasteiger partial charge in [-0.2, -0.15) is 0 Å². The molecule has 1 fully saturated rings. The Morgan fingerprint density at radius 1 is 1.37 bits per heavy atom. The predicted molar refractivity (Wildman–Crippen MR) is 74.1 cm³/mol. The number of ether oxygens (including phenoxy) is 1. The first-order valence-electron chi connectivity index (χ1n) is 7.33. The van der Waals surface area contributed by atoms with Crippen LogP contribution in [0.3, 0.4) is 0 Å². The molecule has 0 bridgehead atoms. The molecule has 0 radical (unpaired) electrons. The highest BCUT2D eigenvalue weighted by molar-refractivity contribution is 5.91. The van der Waals surface area contributed by atoms with Crippen LogP contribution in [0.25, 0.3) is 0 Å². The summed E-state index contributed by atoms with van der Waals surface area (Å²) in [4.78, 5) is 12.2. The molecular formula is C16H21NO2. The second-order valence-corrected chi connectivity index (χ2v) is 5.59. The highest BCUT2D eigenvalue weighted by atomic mass is 16.5. The molecule has 0 saturated heterocycles. The number of esters is 1. The fraction of sp³-hybridized carbons (Fsp3) is 0.562. The summed E-state index contributed by atoms with van der Waals surface area (Å²) >= 11 is 0. The maximum Gasteiger partial charge on any atom is 0.338 e. The molecule has 1 N–H and O–H groups in total. The minimum Gasteiger partial charge on any atom is -0.462 e. The van der Waals surface area contributed by atoms with Crippen LogP contribution in [0.5, 0.6) is 0 Å². The predicted octanol–water partition coefficient (Wildman–Crippen LogP) is 2.68. The molecule has 3 nitrogen and oxygen atoms in total. The minimum atomic E-state index is -0.141. The van der Waals surface area contributed by atoms with E-state index in [2.05, 4.69) is 11.4 Å². The first-order valence-corrected chi connectivity index (χ1v) is 7.33. The fourth-order valence-corrected chi connectivity index (χ4v) is 2.90. The van der Waals surface area contributed by atoms with Gasteiger partial charge in [0.2, 0.25) is 0 Å². The van der Waals surface area contributed by atoms with Crippen molar-refractivity contribution in [1.82, 2.24) is 5.32 Å². The Morgan fingerprint density at radius 2 is 2.26 bits per heavy atom. The molecule has 0 aromatic heterocycles. The van der Waals surface area contributed by atoms with Crippen molar-refractivity contribution in [2.75, 3.05) is 13.2 Å². The molecule has 0 spiro atoms. The van der Waals surface area contributed by atoms with E-state index >= 15 is 0 Å². The molecule has 102 valence electrons. The van der Waals surface area contributed by atoms with Gasteiger partial charge in [0.05, 0.1) is 12.2 Å². The number of benzene rings is 1. The molecular weight excluding hydrogens is 238 g/mol. The molecule has 0 atom stereocenters. The van der Waals surface area contributed by atoms with Gasteiger partial charge in [-0.15, -0.1) is 0 Å². The van der Waals surface area contributed by atoms with Crippen LogP contribution in [0.15, 0.2) is 18.2 Å². The third-order valence-electron chi connectivity index (χ3n) is 4.34. The lowest BCUT2D eigenvalue weighted by Gasteiger charge is -2.25. The van der Waals surface area contributed by atoms with E-state index in [9.17, 15) is 4.79 Å². The molecule has 1 aromatic carbocycles. The monoisotopic (exact) mass is 259 g/mol. The van der Waals surface area contributed by atoms with E-state index in [4.69, 9.17) is 4.74 Å². The fourth-order valence-electron chi connectivity index (χ4n) is 2.90. The van der Waals surface area contributed by atoms with Gasteiger partial charge in [0, 0.05) is 6.54 Å². The first kappa shape index (κ1) is 12.7. The van der Waals surface area contributed by atoms with Gasteiger partial charge < -0.3 is 10.1 Å². The molecule has 1 heterocycles. The van der Waals surface area contributed by atoms with Crippen molar-refractivity contribution in [3.05, 3.63) is 34.9 Å². The van der Waals surface area contributed by atoms with Gasteiger partial charge >= 0.3 is 5.97 Å². The van der Waals surface area contributed by atoms with Gasteiger partial charge in [-0.1, -0.05) is 31.4 Å². The lowest BCUT2D eigenvalue weighted by molar-refractivity contribution is 0.0462. The van der Waals surface area contributed by atoms with Gasteiger partial charge in [-0.25, -0.2) is 4.79 Å². The average molecular weight is 259 g/mol. The largest absolute Gasteiger partial charge is 0.462 e. The van der Waals surface area contributed by atoms with E-state index in [0.29, 0.717) is 6.61 Å². The zero-order valence-electron chi connectivity index (χ0n) is 11.3. The van der Waals surface area contributed by atoms with Crippen molar-refractivity contribution < 1.29 is 9.53 Å². The van der Waals surface area contributed by atoms with Gasteiger partial charge in [0.1, 0.15) is 0 Å². The van der Waals surface area contributed by atoms with Crippen molar-refractivity contribution in [3.63, 3.8) is 0 Å². The highest BCUT2D eigenvalue weighted by Gasteiger charge is 2.20. The molecule has 19 heavy (non-hydrogen) atoms. The van der Waals surface area contributed by atoms with E-state index in [1.165, 1.54) is 30.4 Å². The number of fused-ring (bicyclic) bond motifs is 1. The zero-order valence-corrected chi connectivity index (χ0v) is 11.3. The van der Waals surface area contributed by atoms with Crippen LogP contribution in [0.4, 0.5) is 0 Å². The molecule has 0 unspecified atom stereocenters. The molecule has 0 amide bonds. The van der Waals surface area contributed by atoms with Crippen LogP contribution in [-0.4, -0.2) is 19.1 Å². The Kier molecular flexibility index (Phi) is 3.83. The number of carbonyl (C=O) groups excluding carboxylic acids is 1. The Balaban J connectivity index is 1.62. The third kappa shape index (κ3) is 2.81. The molecule has 1 aliphatic heterocycles. The summed E-state index contributed by atoms with van der Waals surface area (Å²) in [6.07, 6.45) is 5.91. The van der Waals surface area contributed by atoms with E-state index < -0.39 is 0 Å². The van der Waals surface area contributed by atoms with Crippen LogP contribution in [0, 0.1) is 5.92 Å². The van der Waals surface area contributed by atoms with Crippen molar-refractivity contribution in [2.24, 2.45) is 5.92 Å². The standard InChI is InChI=1S/C16H21NO2/c18-16(19-10-8-12-3-1-4-12)15-6-2-5-13-11-17-9-7-14(13)15/h2,5-6,12,17H,1,3-4,7-11H2. The number of nitrogens with one attached hydrogen (secondary N) is 1. The van der Waals surface area contributed by atoms with Crippen LogP contribution in [-0.2, 0) is 17.7 Å². The van der Waals surface area contributed by atoms with Crippen LogP contribution in [0.1, 0.15) is 47.2 Å². The smallest absolute Gasteiger partial charge is 0.338 e. The molecule has 3 rings (SSSR count). The van der Waals surface area contributed by atoms with Gasteiger partial charge in [-0.05, 0) is 42.5 Å². The summed E-state index contributed by atoms with van der Waals surface area (Å²) in [5, 5.41) is 3.33. The average Bonchev–Trinajstić information content (AvgIpc) is 2.40. The lowest BCUT2D eigenvalue weighted by atomic mass is 9.83. The summed E-state index contributed by atoms with van der Waals surface area (Å²) in [7, 11) is 0. The quantitative estimate of drug-likeness (QED) is 0.845. The summed E-state index contributed by atoms with van der Waals surface area (Å²) in [6.45, 7) is 2.38. The number of hydrogen-bond donors (Lipinski definition) is 1. The van der Waals surface area contributed by atoms with Crippen LogP contribution in [0.2, 0.25) is 0 Å². The maximum absolute atomic E-state index is 12.2. The normalized spacial score (nSPS) is 18.5. The molecule has 2 aliphatic rings. The second kappa shape index (κ2) is 5.74. The summed E-state index contributed by atoms with van der Waals surface area (Å²) in [5.41, 5.74) is 3.18. The Morgan fingerprint density at radius 3 is 3.05 bits per heavy atom. The Labute approximate surface area is 114 Å². The van der Waals surface area contributed by atoms with Gasteiger partial charge in [-0.3, -0.25) is 0 Å². The van der Waals surface area contributed by atoms with Crippen molar-refractivity contribution in [2.45, 2.75) is 38.6 Å². The first-order chi connectivity index (χ1) is 9.34.